The van der Waals surface area contributed by atoms with Gasteiger partial charge in [-0.3, -0.25) is 14.6 Å². The number of nitrogens with one attached hydrogen (secondary N) is 1. The van der Waals surface area contributed by atoms with Crippen LogP contribution in [0, 0.1) is 11.3 Å². The molecule has 2 aromatic rings. The fourth-order valence-corrected chi connectivity index (χ4v) is 5.40. The fraction of sp³-hybridized carbons (Fsp3) is 0.500. The highest BCUT2D eigenvalue weighted by atomic mass is 16.2. The summed E-state index contributed by atoms with van der Waals surface area (Å²) in [6, 6.07) is 12.3. The number of pyridine rings is 1. The van der Waals surface area contributed by atoms with Crippen LogP contribution in [0.15, 0.2) is 48.8 Å². The number of amides is 2. The van der Waals surface area contributed by atoms with Gasteiger partial charge in [-0.15, -0.1) is 0 Å². The number of benzene rings is 1. The summed E-state index contributed by atoms with van der Waals surface area (Å²) >= 11 is 0. The van der Waals surface area contributed by atoms with E-state index in [1.807, 2.05) is 29.2 Å². The molecule has 0 spiro atoms. The predicted octanol–water partition coefficient (Wildman–Crippen LogP) is 4.23. The molecule has 2 fully saturated rings. The van der Waals surface area contributed by atoms with Crippen LogP contribution in [0.25, 0.3) is 11.1 Å². The van der Waals surface area contributed by atoms with Crippen molar-refractivity contribution in [2.75, 3.05) is 20.1 Å². The third-order valence-corrected chi connectivity index (χ3v) is 7.19. The van der Waals surface area contributed by atoms with Gasteiger partial charge in [0.25, 0.3) is 0 Å². The number of aromatic nitrogens is 1. The number of hydrogen-bond acceptors (Lipinski definition) is 3. The molecule has 1 saturated carbocycles. The van der Waals surface area contributed by atoms with Crippen molar-refractivity contribution < 1.29 is 9.59 Å². The van der Waals surface area contributed by atoms with Gasteiger partial charge in [0, 0.05) is 39.0 Å². The van der Waals surface area contributed by atoms with Gasteiger partial charge in [0.15, 0.2) is 0 Å². The van der Waals surface area contributed by atoms with E-state index >= 15 is 0 Å². The highest BCUT2D eigenvalue weighted by molar-refractivity contribution is 5.86. The Labute approximate surface area is 185 Å². The average molecular weight is 420 g/mol. The maximum Gasteiger partial charge on any atom is 0.228 e. The van der Waals surface area contributed by atoms with E-state index in [1.165, 1.54) is 25.7 Å². The van der Waals surface area contributed by atoms with E-state index in [4.69, 9.17) is 0 Å². The largest absolute Gasteiger partial charge is 0.359 e. The van der Waals surface area contributed by atoms with Crippen molar-refractivity contribution in [3.05, 3.63) is 54.4 Å². The molecule has 0 bridgehead atoms. The first-order valence-corrected chi connectivity index (χ1v) is 11.6. The SMILES string of the molecule is CNC(=O)[C@]1(Cc2ccccc2-c2ccncc2)CCN(C(=O)CCC2CCCC2)C1. The smallest absolute Gasteiger partial charge is 0.228 e. The van der Waals surface area contributed by atoms with E-state index in [0.717, 1.165) is 23.1 Å². The zero-order valence-corrected chi connectivity index (χ0v) is 18.5. The third kappa shape index (κ3) is 4.81. The molecule has 1 aliphatic heterocycles. The summed E-state index contributed by atoms with van der Waals surface area (Å²) < 4.78 is 0. The lowest BCUT2D eigenvalue weighted by atomic mass is 9.78. The summed E-state index contributed by atoms with van der Waals surface area (Å²) in [7, 11) is 1.70. The maximum atomic E-state index is 13.1. The van der Waals surface area contributed by atoms with Crippen LogP contribution in [0.4, 0.5) is 0 Å². The first-order valence-electron chi connectivity index (χ1n) is 11.6. The van der Waals surface area contributed by atoms with Gasteiger partial charge in [-0.25, -0.2) is 0 Å². The molecule has 5 heteroatoms. The van der Waals surface area contributed by atoms with Crippen LogP contribution in [-0.4, -0.2) is 41.8 Å². The van der Waals surface area contributed by atoms with Gasteiger partial charge < -0.3 is 10.2 Å². The van der Waals surface area contributed by atoms with Gasteiger partial charge in [0.2, 0.25) is 11.8 Å². The van der Waals surface area contributed by atoms with Crippen LogP contribution >= 0.6 is 0 Å². The summed E-state index contributed by atoms with van der Waals surface area (Å²) in [4.78, 5) is 32.0. The molecule has 2 aliphatic rings. The minimum atomic E-state index is -0.582. The van der Waals surface area contributed by atoms with Crippen LogP contribution in [-0.2, 0) is 16.0 Å². The molecule has 4 rings (SSSR count). The van der Waals surface area contributed by atoms with Crippen molar-refractivity contribution >= 4 is 11.8 Å². The zero-order chi connectivity index (χ0) is 21.7. The molecule has 1 aromatic carbocycles. The topological polar surface area (TPSA) is 62.3 Å². The number of likely N-dealkylation sites (tertiary alicyclic amines) is 1. The summed E-state index contributed by atoms with van der Waals surface area (Å²) in [5, 5.41) is 2.88. The van der Waals surface area contributed by atoms with Crippen molar-refractivity contribution in [1.29, 1.82) is 0 Å². The van der Waals surface area contributed by atoms with Crippen LogP contribution in [0.1, 0.15) is 50.5 Å². The normalized spacial score (nSPS) is 21.4. The van der Waals surface area contributed by atoms with Crippen LogP contribution < -0.4 is 5.32 Å². The predicted molar refractivity (Wildman–Crippen MR) is 122 cm³/mol. The molecule has 31 heavy (non-hydrogen) atoms. The minimum absolute atomic E-state index is 0.0307. The van der Waals surface area contributed by atoms with Crippen molar-refractivity contribution in [1.82, 2.24) is 15.2 Å². The summed E-state index contributed by atoms with van der Waals surface area (Å²) in [6.45, 7) is 1.16. The maximum absolute atomic E-state index is 13.1. The van der Waals surface area contributed by atoms with Crippen molar-refractivity contribution in [3.8, 4) is 11.1 Å². The molecule has 5 nitrogen and oxygen atoms in total. The first kappa shape index (κ1) is 21.5. The second-order valence-electron chi connectivity index (χ2n) is 9.18. The van der Waals surface area contributed by atoms with E-state index < -0.39 is 5.41 Å². The van der Waals surface area contributed by atoms with Gasteiger partial charge in [-0.05, 0) is 54.0 Å². The Morgan fingerprint density at radius 2 is 1.87 bits per heavy atom. The fourth-order valence-electron chi connectivity index (χ4n) is 5.40. The Morgan fingerprint density at radius 1 is 1.13 bits per heavy atom. The lowest BCUT2D eigenvalue weighted by Crippen LogP contribution is -2.44. The third-order valence-electron chi connectivity index (χ3n) is 7.19. The first-order chi connectivity index (χ1) is 15.1. The van der Waals surface area contributed by atoms with Gasteiger partial charge in [-0.2, -0.15) is 0 Å². The minimum Gasteiger partial charge on any atom is -0.359 e. The highest BCUT2D eigenvalue weighted by Gasteiger charge is 2.45. The molecule has 1 saturated heterocycles. The molecule has 1 aliphatic carbocycles. The molecule has 164 valence electrons. The Kier molecular flexibility index (Phi) is 6.69. The van der Waals surface area contributed by atoms with E-state index in [2.05, 4.69) is 22.4 Å². The Bertz CT molecular complexity index is 908. The lowest BCUT2D eigenvalue weighted by Gasteiger charge is -2.29. The summed E-state index contributed by atoms with van der Waals surface area (Å²) in [5.74, 6) is 0.950. The molecule has 0 unspecified atom stereocenters. The van der Waals surface area contributed by atoms with E-state index in [-0.39, 0.29) is 11.8 Å². The van der Waals surface area contributed by atoms with E-state index in [9.17, 15) is 9.59 Å². The zero-order valence-electron chi connectivity index (χ0n) is 18.5. The van der Waals surface area contributed by atoms with Gasteiger partial charge in [0.1, 0.15) is 0 Å². The van der Waals surface area contributed by atoms with E-state index in [0.29, 0.717) is 38.3 Å². The van der Waals surface area contributed by atoms with Crippen molar-refractivity contribution in [2.24, 2.45) is 11.3 Å². The molecular formula is C26H33N3O2. The molecule has 2 heterocycles. The molecule has 1 N–H and O–H groups in total. The molecule has 1 atom stereocenters. The standard InChI is InChI=1S/C26H33N3O2/c1-27-25(31)26(14-17-29(19-26)24(30)11-10-20-6-2-3-7-20)18-22-8-4-5-9-23(22)21-12-15-28-16-13-21/h4-5,8-9,12-13,15-16,20H,2-3,6-7,10-11,14,17-19H2,1H3,(H,27,31)/t26-/m0/s1. The number of carbonyl (C=O) groups excluding carboxylic acids is 2. The lowest BCUT2D eigenvalue weighted by molar-refractivity contribution is -0.133. The van der Waals surface area contributed by atoms with Crippen molar-refractivity contribution in [2.45, 2.75) is 51.4 Å². The van der Waals surface area contributed by atoms with Crippen molar-refractivity contribution in [3.63, 3.8) is 0 Å². The molecular weight excluding hydrogens is 386 g/mol. The monoisotopic (exact) mass is 419 g/mol. The van der Waals surface area contributed by atoms with Gasteiger partial charge in [0.05, 0.1) is 5.41 Å². The Balaban J connectivity index is 1.51. The molecule has 1 aromatic heterocycles. The van der Waals surface area contributed by atoms with E-state index in [1.54, 1.807) is 19.4 Å². The second kappa shape index (κ2) is 9.63. The van der Waals surface area contributed by atoms with Crippen LogP contribution in [0.2, 0.25) is 0 Å². The van der Waals surface area contributed by atoms with Crippen LogP contribution in [0.3, 0.4) is 0 Å². The second-order valence-corrected chi connectivity index (χ2v) is 9.18. The van der Waals surface area contributed by atoms with Gasteiger partial charge in [-0.1, -0.05) is 49.9 Å². The summed E-state index contributed by atoms with van der Waals surface area (Å²) in [6.07, 6.45) is 11.7. The number of rotatable bonds is 7. The Hall–Kier alpha value is -2.69. The number of hydrogen-bond donors (Lipinski definition) is 1. The average Bonchev–Trinajstić information content (AvgIpc) is 3.49. The summed E-state index contributed by atoms with van der Waals surface area (Å²) in [5.41, 5.74) is 2.78. The van der Waals surface area contributed by atoms with Crippen LogP contribution in [0.5, 0.6) is 0 Å². The molecule has 0 radical (unpaired) electrons. The highest BCUT2D eigenvalue weighted by Crippen LogP contribution is 2.38. The molecule has 2 amide bonds. The quantitative estimate of drug-likeness (QED) is 0.731. The Morgan fingerprint density at radius 3 is 2.61 bits per heavy atom. The number of carbonyl (C=O) groups is 2. The number of nitrogens with zero attached hydrogens (tertiary/aromatic N) is 2. The van der Waals surface area contributed by atoms with Gasteiger partial charge >= 0.3 is 0 Å².